The summed E-state index contributed by atoms with van der Waals surface area (Å²) in [5.41, 5.74) is 0.770. The van der Waals surface area contributed by atoms with Crippen molar-refractivity contribution in [1.82, 2.24) is 9.80 Å². The number of amides is 1. The molecular formula is C14H19N3OS. The third kappa shape index (κ3) is 2.50. The minimum Gasteiger partial charge on any atom is -0.338 e. The lowest BCUT2D eigenvalue weighted by molar-refractivity contribution is 0.0776. The highest BCUT2D eigenvalue weighted by Crippen LogP contribution is 2.31. The molecule has 0 bridgehead atoms. The Kier molecular flexibility index (Phi) is 3.52. The molecule has 1 aromatic carbocycles. The quantitative estimate of drug-likeness (QED) is 0.828. The van der Waals surface area contributed by atoms with Crippen LogP contribution < -0.4 is 5.14 Å². The first kappa shape index (κ1) is 13.0. The number of carbonyl (C=O) groups excluding carboxylic acids is 1. The maximum absolute atomic E-state index is 12.4. The van der Waals surface area contributed by atoms with Crippen LogP contribution in [0.25, 0.3) is 0 Å². The van der Waals surface area contributed by atoms with E-state index in [1.807, 2.05) is 29.2 Å². The van der Waals surface area contributed by atoms with E-state index in [-0.39, 0.29) is 5.91 Å². The van der Waals surface area contributed by atoms with Gasteiger partial charge in [-0.05, 0) is 55.1 Å². The highest BCUT2D eigenvalue weighted by molar-refractivity contribution is 7.97. The largest absolute Gasteiger partial charge is 0.338 e. The van der Waals surface area contributed by atoms with Crippen LogP contribution in [-0.2, 0) is 0 Å². The van der Waals surface area contributed by atoms with Gasteiger partial charge in [-0.1, -0.05) is 0 Å². The number of fused-ring (bicyclic) bond motifs is 1. The van der Waals surface area contributed by atoms with Crippen molar-refractivity contribution in [2.24, 2.45) is 17.0 Å². The predicted octanol–water partition coefficient (Wildman–Crippen LogP) is 1.29. The first-order valence-corrected chi connectivity index (χ1v) is 7.50. The Morgan fingerprint density at radius 1 is 1.16 bits per heavy atom. The first-order chi connectivity index (χ1) is 9.17. The van der Waals surface area contributed by atoms with E-state index in [0.29, 0.717) is 11.8 Å². The lowest BCUT2D eigenvalue weighted by atomic mass is 10.0. The highest BCUT2D eigenvalue weighted by atomic mass is 32.2. The summed E-state index contributed by atoms with van der Waals surface area (Å²) in [5.74, 6) is 1.48. The number of nitrogens with zero attached hydrogens (tertiary/aromatic N) is 2. The van der Waals surface area contributed by atoms with Crippen molar-refractivity contribution >= 4 is 17.9 Å². The number of carbonyl (C=O) groups is 1. The third-order valence-corrected chi connectivity index (χ3v) is 4.74. The molecule has 2 aliphatic rings. The summed E-state index contributed by atoms with van der Waals surface area (Å²) in [6, 6.07) is 7.56. The molecule has 2 N–H and O–H groups in total. The molecule has 2 fully saturated rings. The average Bonchev–Trinajstić information content (AvgIpc) is 2.95. The predicted molar refractivity (Wildman–Crippen MR) is 76.9 cm³/mol. The van der Waals surface area contributed by atoms with Crippen LogP contribution in [0.15, 0.2) is 29.2 Å². The van der Waals surface area contributed by atoms with E-state index in [4.69, 9.17) is 5.14 Å². The Balaban J connectivity index is 1.68. The van der Waals surface area contributed by atoms with Crippen LogP contribution in [0.4, 0.5) is 0 Å². The minimum absolute atomic E-state index is 0.158. The van der Waals surface area contributed by atoms with Gasteiger partial charge in [0, 0.05) is 36.6 Å². The lowest BCUT2D eigenvalue weighted by Crippen LogP contribution is -2.32. The zero-order valence-electron chi connectivity index (χ0n) is 11.1. The van der Waals surface area contributed by atoms with E-state index in [2.05, 4.69) is 11.9 Å². The van der Waals surface area contributed by atoms with Crippen LogP contribution in [0.1, 0.15) is 10.4 Å². The molecule has 0 aliphatic carbocycles. The second-order valence-electron chi connectivity index (χ2n) is 5.59. The van der Waals surface area contributed by atoms with E-state index in [0.717, 1.165) is 36.6 Å². The number of nitrogens with two attached hydrogens (primary N) is 1. The normalized spacial score (nSPS) is 26.7. The molecule has 5 heteroatoms. The maximum Gasteiger partial charge on any atom is 0.253 e. The van der Waals surface area contributed by atoms with Crippen molar-refractivity contribution in [3.05, 3.63) is 29.8 Å². The van der Waals surface area contributed by atoms with Crippen molar-refractivity contribution in [1.29, 1.82) is 0 Å². The van der Waals surface area contributed by atoms with Gasteiger partial charge in [0.2, 0.25) is 0 Å². The fourth-order valence-corrected chi connectivity index (χ4v) is 3.55. The number of rotatable bonds is 2. The van der Waals surface area contributed by atoms with Crippen molar-refractivity contribution in [2.45, 2.75) is 4.90 Å². The van der Waals surface area contributed by atoms with Crippen LogP contribution in [0.5, 0.6) is 0 Å². The van der Waals surface area contributed by atoms with Gasteiger partial charge in [-0.25, -0.2) is 0 Å². The molecule has 102 valence electrons. The Labute approximate surface area is 118 Å². The van der Waals surface area contributed by atoms with Gasteiger partial charge in [0.15, 0.2) is 0 Å². The molecule has 2 heterocycles. The molecule has 0 radical (unpaired) electrons. The average molecular weight is 277 g/mol. The molecule has 4 nitrogen and oxygen atoms in total. The van der Waals surface area contributed by atoms with Crippen molar-refractivity contribution in [2.75, 3.05) is 33.2 Å². The van der Waals surface area contributed by atoms with E-state index < -0.39 is 0 Å². The molecule has 2 aliphatic heterocycles. The Morgan fingerprint density at radius 3 is 2.26 bits per heavy atom. The summed E-state index contributed by atoms with van der Waals surface area (Å²) in [7, 11) is 2.16. The fraction of sp³-hybridized carbons (Fsp3) is 0.500. The van der Waals surface area contributed by atoms with Gasteiger partial charge < -0.3 is 9.80 Å². The second-order valence-corrected chi connectivity index (χ2v) is 6.30. The third-order valence-electron chi connectivity index (χ3n) is 4.19. The van der Waals surface area contributed by atoms with Crippen LogP contribution in [0.2, 0.25) is 0 Å². The molecule has 3 rings (SSSR count). The van der Waals surface area contributed by atoms with Crippen LogP contribution >= 0.6 is 11.9 Å². The fourth-order valence-electron chi connectivity index (χ4n) is 3.25. The van der Waals surface area contributed by atoms with E-state index >= 15 is 0 Å². The number of hydrogen-bond donors (Lipinski definition) is 1. The summed E-state index contributed by atoms with van der Waals surface area (Å²) in [4.78, 5) is 17.8. The molecule has 0 aromatic heterocycles. The topological polar surface area (TPSA) is 49.6 Å². The number of hydrogen-bond acceptors (Lipinski definition) is 4. The molecule has 1 amide bonds. The lowest BCUT2D eigenvalue weighted by Gasteiger charge is -2.19. The summed E-state index contributed by atoms with van der Waals surface area (Å²) >= 11 is 1.20. The van der Waals surface area contributed by atoms with Crippen LogP contribution in [0, 0.1) is 11.8 Å². The van der Waals surface area contributed by atoms with Gasteiger partial charge in [-0.15, -0.1) is 0 Å². The van der Waals surface area contributed by atoms with Crippen molar-refractivity contribution in [3.8, 4) is 0 Å². The van der Waals surface area contributed by atoms with Gasteiger partial charge >= 0.3 is 0 Å². The Morgan fingerprint density at radius 2 is 1.74 bits per heavy atom. The van der Waals surface area contributed by atoms with Crippen molar-refractivity contribution < 1.29 is 4.79 Å². The van der Waals surface area contributed by atoms with Crippen LogP contribution in [0.3, 0.4) is 0 Å². The smallest absolute Gasteiger partial charge is 0.253 e. The molecule has 2 unspecified atom stereocenters. The zero-order chi connectivity index (χ0) is 13.4. The molecule has 0 saturated carbocycles. The van der Waals surface area contributed by atoms with Gasteiger partial charge in [-0.3, -0.25) is 9.93 Å². The van der Waals surface area contributed by atoms with E-state index in [1.54, 1.807) is 0 Å². The monoisotopic (exact) mass is 277 g/mol. The summed E-state index contributed by atoms with van der Waals surface area (Å²) in [6.45, 7) is 4.05. The van der Waals surface area contributed by atoms with Gasteiger partial charge in [0.1, 0.15) is 0 Å². The molecule has 1 aromatic rings. The minimum atomic E-state index is 0.158. The molecule has 2 atom stereocenters. The van der Waals surface area contributed by atoms with Gasteiger partial charge in [-0.2, -0.15) is 0 Å². The first-order valence-electron chi connectivity index (χ1n) is 6.62. The van der Waals surface area contributed by atoms with Crippen molar-refractivity contribution in [3.63, 3.8) is 0 Å². The summed E-state index contributed by atoms with van der Waals surface area (Å²) in [5, 5.41) is 5.49. The number of likely N-dealkylation sites (tertiary alicyclic amines) is 2. The molecule has 0 spiro atoms. The van der Waals surface area contributed by atoms with E-state index in [9.17, 15) is 4.79 Å². The Bertz CT molecular complexity index is 462. The second kappa shape index (κ2) is 5.15. The van der Waals surface area contributed by atoms with Crippen LogP contribution in [-0.4, -0.2) is 48.9 Å². The molecule has 2 saturated heterocycles. The van der Waals surface area contributed by atoms with E-state index in [1.165, 1.54) is 11.9 Å². The molecular weight excluding hydrogens is 258 g/mol. The summed E-state index contributed by atoms with van der Waals surface area (Å²) in [6.07, 6.45) is 0. The zero-order valence-corrected chi connectivity index (χ0v) is 11.9. The number of benzene rings is 1. The SMILES string of the molecule is CN1CC2CN(C(=O)c3ccc(SN)cc3)CC2C1. The molecule has 19 heavy (non-hydrogen) atoms. The summed E-state index contributed by atoms with van der Waals surface area (Å²) < 4.78 is 0. The highest BCUT2D eigenvalue weighted by Gasteiger charge is 2.40. The van der Waals surface area contributed by atoms with Gasteiger partial charge in [0.05, 0.1) is 0 Å². The standard InChI is InChI=1S/C14H19N3OS/c1-16-6-11-8-17(9-12(11)7-16)14(18)10-2-4-13(19-15)5-3-10/h2-5,11-12H,6-9,15H2,1H3. The Hall–Kier alpha value is -1.04. The maximum atomic E-state index is 12.4. The van der Waals surface area contributed by atoms with Gasteiger partial charge in [0.25, 0.3) is 5.91 Å².